The maximum atomic E-state index is 10.6. The van der Waals surface area contributed by atoms with Crippen molar-refractivity contribution in [2.24, 2.45) is 5.92 Å². The van der Waals surface area contributed by atoms with E-state index in [-0.39, 0.29) is 0 Å². The molecule has 0 aromatic carbocycles. The second kappa shape index (κ2) is 6.06. The summed E-state index contributed by atoms with van der Waals surface area (Å²) in [7, 11) is 0. The number of furan rings is 1. The van der Waals surface area contributed by atoms with Crippen molar-refractivity contribution in [1.82, 2.24) is 0 Å². The summed E-state index contributed by atoms with van der Waals surface area (Å²) in [5, 5.41) is 18.4. The van der Waals surface area contributed by atoms with Crippen molar-refractivity contribution >= 4 is 21.9 Å². The molecule has 1 heterocycles. The molecule has 1 aromatic heterocycles. The van der Waals surface area contributed by atoms with E-state index in [4.69, 9.17) is 9.52 Å². The van der Waals surface area contributed by atoms with Crippen LogP contribution in [0.2, 0.25) is 0 Å². The van der Waals surface area contributed by atoms with Gasteiger partial charge in [0.2, 0.25) is 0 Å². The number of halogens is 1. The first-order valence-electron chi connectivity index (χ1n) is 5.14. The minimum atomic E-state index is -0.826. The highest BCUT2D eigenvalue weighted by Crippen LogP contribution is 2.17. The average molecular weight is 291 g/mol. The second-order valence-electron chi connectivity index (χ2n) is 3.88. The molecule has 2 unspecified atom stereocenters. The number of carboxylic acid groups (broad SMARTS) is 1. The molecule has 1 aromatic rings. The molecule has 4 nitrogen and oxygen atoms in total. The first-order chi connectivity index (χ1) is 7.49. The Kier molecular flexibility index (Phi) is 5.02. The number of hydrogen-bond donors (Lipinski definition) is 2. The van der Waals surface area contributed by atoms with Crippen molar-refractivity contribution in [3.63, 3.8) is 0 Å². The molecule has 0 aliphatic rings. The number of aliphatic hydroxyl groups excluding tert-OH is 1. The second-order valence-corrected chi connectivity index (χ2v) is 4.66. The molecule has 1 rings (SSSR count). The van der Waals surface area contributed by atoms with Crippen LogP contribution >= 0.6 is 15.9 Å². The predicted molar refractivity (Wildman–Crippen MR) is 62.2 cm³/mol. The van der Waals surface area contributed by atoms with Crippen molar-refractivity contribution in [2.45, 2.75) is 32.3 Å². The molecule has 0 amide bonds. The third-order valence-corrected chi connectivity index (χ3v) is 2.85. The Hall–Kier alpha value is -0.810. The smallest absolute Gasteiger partial charge is 0.306 e. The Morgan fingerprint density at radius 3 is 2.69 bits per heavy atom. The van der Waals surface area contributed by atoms with Crippen LogP contribution in [-0.2, 0) is 11.2 Å². The molecule has 2 N–H and O–H groups in total. The number of aliphatic hydroxyl groups is 1. The zero-order chi connectivity index (χ0) is 12.1. The summed E-state index contributed by atoms with van der Waals surface area (Å²) in [4.78, 5) is 10.6. The van der Waals surface area contributed by atoms with E-state index in [1.807, 2.05) is 0 Å². The molecule has 0 radical (unpaired) electrons. The van der Waals surface area contributed by atoms with Crippen LogP contribution in [0.3, 0.4) is 0 Å². The summed E-state index contributed by atoms with van der Waals surface area (Å²) >= 11 is 3.18. The van der Waals surface area contributed by atoms with Crippen LogP contribution in [0, 0.1) is 5.92 Å². The Morgan fingerprint density at radius 2 is 2.19 bits per heavy atom. The molecule has 5 heteroatoms. The number of rotatable bonds is 6. The van der Waals surface area contributed by atoms with Gasteiger partial charge in [-0.15, -0.1) is 0 Å². The first kappa shape index (κ1) is 13.3. The van der Waals surface area contributed by atoms with Crippen LogP contribution in [0.5, 0.6) is 0 Å². The maximum Gasteiger partial charge on any atom is 0.306 e. The lowest BCUT2D eigenvalue weighted by atomic mass is 10.0. The van der Waals surface area contributed by atoms with E-state index < -0.39 is 18.0 Å². The highest BCUT2D eigenvalue weighted by Gasteiger charge is 2.14. The van der Waals surface area contributed by atoms with Gasteiger partial charge in [0.1, 0.15) is 5.76 Å². The van der Waals surface area contributed by atoms with Gasteiger partial charge in [-0.25, -0.2) is 0 Å². The molecule has 16 heavy (non-hydrogen) atoms. The number of carbonyl (C=O) groups is 1. The van der Waals surface area contributed by atoms with Gasteiger partial charge in [-0.2, -0.15) is 0 Å². The van der Waals surface area contributed by atoms with E-state index in [9.17, 15) is 9.90 Å². The normalized spacial score (nSPS) is 14.7. The van der Waals surface area contributed by atoms with Gasteiger partial charge in [-0.05, 0) is 40.9 Å². The average Bonchev–Trinajstić information content (AvgIpc) is 2.60. The van der Waals surface area contributed by atoms with Crippen molar-refractivity contribution in [1.29, 1.82) is 0 Å². The molecule has 2 atom stereocenters. The molecule has 0 spiro atoms. The number of hydrogen-bond acceptors (Lipinski definition) is 3. The van der Waals surface area contributed by atoms with Crippen LogP contribution in [0.4, 0.5) is 0 Å². The molecular formula is C11H15BrO4. The predicted octanol–water partition coefficient (Wildman–Crippen LogP) is 2.45. The largest absolute Gasteiger partial charge is 0.481 e. The molecule has 0 saturated carbocycles. The Bertz CT molecular complexity index is 348. The van der Waals surface area contributed by atoms with Crippen LogP contribution in [0.15, 0.2) is 21.2 Å². The van der Waals surface area contributed by atoms with Gasteiger partial charge in [0, 0.05) is 6.42 Å². The van der Waals surface area contributed by atoms with Crippen LogP contribution < -0.4 is 0 Å². The lowest BCUT2D eigenvalue weighted by molar-refractivity contribution is -0.141. The first-order valence-corrected chi connectivity index (χ1v) is 5.93. The molecule has 0 saturated heterocycles. The van der Waals surface area contributed by atoms with Crippen LogP contribution in [0.25, 0.3) is 0 Å². The van der Waals surface area contributed by atoms with Crippen LogP contribution in [-0.4, -0.2) is 22.3 Å². The molecule has 90 valence electrons. The summed E-state index contributed by atoms with van der Waals surface area (Å²) < 4.78 is 5.88. The summed E-state index contributed by atoms with van der Waals surface area (Å²) in [5.74, 6) is -0.548. The minimum absolute atomic E-state index is 0.415. The lowest BCUT2D eigenvalue weighted by Gasteiger charge is -2.10. The minimum Gasteiger partial charge on any atom is -0.481 e. The van der Waals surface area contributed by atoms with E-state index in [0.29, 0.717) is 29.7 Å². The zero-order valence-electron chi connectivity index (χ0n) is 9.02. The monoisotopic (exact) mass is 290 g/mol. The zero-order valence-corrected chi connectivity index (χ0v) is 10.6. The molecule has 0 aliphatic carbocycles. The van der Waals surface area contributed by atoms with Gasteiger partial charge >= 0.3 is 5.97 Å². The SMILES string of the molecule is CC(CCC(O)Cc1ccc(Br)o1)C(=O)O. The molecule has 0 fully saturated rings. The number of carboxylic acids is 1. The van der Waals surface area contributed by atoms with E-state index in [1.54, 1.807) is 19.1 Å². The Morgan fingerprint density at radius 1 is 1.50 bits per heavy atom. The van der Waals surface area contributed by atoms with E-state index in [2.05, 4.69) is 15.9 Å². The van der Waals surface area contributed by atoms with Gasteiger partial charge in [0.05, 0.1) is 12.0 Å². The van der Waals surface area contributed by atoms with E-state index >= 15 is 0 Å². The topological polar surface area (TPSA) is 70.7 Å². The highest BCUT2D eigenvalue weighted by molar-refractivity contribution is 9.10. The summed E-state index contributed by atoms with van der Waals surface area (Å²) in [6, 6.07) is 3.55. The van der Waals surface area contributed by atoms with Crippen LogP contribution in [0.1, 0.15) is 25.5 Å². The van der Waals surface area contributed by atoms with E-state index in [0.717, 1.165) is 0 Å². The van der Waals surface area contributed by atoms with Crippen molar-refractivity contribution < 1.29 is 19.4 Å². The van der Waals surface area contributed by atoms with E-state index in [1.165, 1.54) is 0 Å². The van der Waals surface area contributed by atoms with Crippen molar-refractivity contribution in [2.75, 3.05) is 0 Å². The highest BCUT2D eigenvalue weighted by atomic mass is 79.9. The fourth-order valence-corrected chi connectivity index (χ4v) is 1.70. The third kappa shape index (κ3) is 4.37. The maximum absolute atomic E-state index is 10.6. The Labute approximate surface area is 102 Å². The molecule has 0 bridgehead atoms. The van der Waals surface area contributed by atoms with Gasteiger partial charge in [0.25, 0.3) is 0 Å². The fourth-order valence-electron chi connectivity index (χ4n) is 1.36. The van der Waals surface area contributed by atoms with Gasteiger partial charge < -0.3 is 14.6 Å². The summed E-state index contributed by atoms with van der Waals surface area (Å²) in [5.41, 5.74) is 0. The summed E-state index contributed by atoms with van der Waals surface area (Å²) in [6.45, 7) is 1.64. The van der Waals surface area contributed by atoms with Gasteiger partial charge in [-0.3, -0.25) is 4.79 Å². The fraction of sp³-hybridized carbons (Fsp3) is 0.545. The van der Waals surface area contributed by atoms with Gasteiger partial charge in [-0.1, -0.05) is 6.92 Å². The molecule has 0 aliphatic heterocycles. The lowest BCUT2D eigenvalue weighted by Crippen LogP contribution is -2.15. The summed E-state index contributed by atoms with van der Waals surface area (Å²) in [6.07, 6.45) is 0.794. The quantitative estimate of drug-likeness (QED) is 0.844. The Balaban J connectivity index is 2.31. The van der Waals surface area contributed by atoms with Crippen molar-refractivity contribution in [3.8, 4) is 0 Å². The molecular weight excluding hydrogens is 276 g/mol. The standard InChI is InChI=1S/C11H15BrO4/c1-7(11(14)15)2-3-8(13)6-9-4-5-10(12)16-9/h4-5,7-8,13H,2-3,6H2,1H3,(H,14,15). The third-order valence-electron chi connectivity index (χ3n) is 2.42. The van der Waals surface area contributed by atoms with Crippen molar-refractivity contribution in [3.05, 3.63) is 22.6 Å². The number of aliphatic carboxylic acids is 1. The van der Waals surface area contributed by atoms with Gasteiger partial charge in [0.15, 0.2) is 4.67 Å².